The van der Waals surface area contributed by atoms with Crippen LogP contribution in [0.15, 0.2) is 30.3 Å². The summed E-state index contributed by atoms with van der Waals surface area (Å²) >= 11 is 0. The SMILES string of the molecule is Cc1cc(Nc2nc(NC3C[C@@H]4CN(CCC#N)C[C@@H]4C3)nc3ccccc23)n[nH]1. The van der Waals surface area contributed by atoms with Gasteiger partial charge in [0.25, 0.3) is 0 Å². The van der Waals surface area contributed by atoms with Crippen LogP contribution >= 0.6 is 0 Å². The largest absolute Gasteiger partial charge is 0.351 e. The van der Waals surface area contributed by atoms with Crippen LogP contribution < -0.4 is 10.6 Å². The molecule has 1 unspecified atom stereocenters. The van der Waals surface area contributed by atoms with E-state index in [1.807, 2.05) is 37.3 Å². The molecule has 1 saturated carbocycles. The minimum absolute atomic E-state index is 0.389. The zero-order chi connectivity index (χ0) is 20.5. The number of aryl methyl sites for hydroxylation is 1. The van der Waals surface area contributed by atoms with Gasteiger partial charge < -0.3 is 15.5 Å². The molecule has 1 saturated heterocycles. The second-order valence-electron chi connectivity index (χ2n) is 8.47. The van der Waals surface area contributed by atoms with E-state index in [0.29, 0.717) is 30.2 Å². The van der Waals surface area contributed by atoms with Crippen LogP contribution in [0.3, 0.4) is 0 Å². The van der Waals surface area contributed by atoms with E-state index in [9.17, 15) is 0 Å². The molecule has 30 heavy (non-hydrogen) atoms. The van der Waals surface area contributed by atoms with Crippen LogP contribution in [0.5, 0.6) is 0 Å². The molecule has 3 heterocycles. The molecule has 5 rings (SSSR count). The number of para-hydroxylation sites is 1. The number of aromatic amines is 1. The maximum Gasteiger partial charge on any atom is 0.225 e. The Morgan fingerprint density at radius 1 is 1.20 bits per heavy atom. The van der Waals surface area contributed by atoms with E-state index in [-0.39, 0.29) is 0 Å². The predicted octanol–water partition coefficient (Wildman–Crippen LogP) is 3.44. The van der Waals surface area contributed by atoms with Gasteiger partial charge in [-0.2, -0.15) is 15.3 Å². The molecule has 0 spiro atoms. The Balaban J connectivity index is 1.31. The number of nitrogens with zero attached hydrogens (tertiary/aromatic N) is 5. The fourth-order valence-electron chi connectivity index (χ4n) is 4.93. The van der Waals surface area contributed by atoms with Gasteiger partial charge >= 0.3 is 0 Å². The third kappa shape index (κ3) is 3.81. The van der Waals surface area contributed by atoms with E-state index in [4.69, 9.17) is 15.2 Å². The fourth-order valence-corrected chi connectivity index (χ4v) is 4.93. The lowest BCUT2D eigenvalue weighted by Gasteiger charge is -2.19. The van der Waals surface area contributed by atoms with Crippen molar-refractivity contribution in [2.45, 2.75) is 32.2 Å². The highest BCUT2D eigenvalue weighted by molar-refractivity contribution is 5.91. The Morgan fingerprint density at radius 3 is 2.73 bits per heavy atom. The maximum absolute atomic E-state index is 8.82. The maximum atomic E-state index is 8.82. The van der Waals surface area contributed by atoms with Crippen LogP contribution in [0.25, 0.3) is 10.9 Å². The summed E-state index contributed by atoms with van der Waals surface area (Å²) in [5.74, 6) is 3.57. The molecule has 1 aliphatic heterocycles. The molecule has 1 aromatic carbocycles. The lowest BCUT2D eigenvalue weighted by atomic mass is 10.0. The number of benzene rings is 1. The molecule has 0 amide bonds. The first-order chi connectivity index (χ1) is 14.7. The highest BCUT2D eigenvalue weighted by Gasteiger charge is 2.40. The van der Waals surface area contributed by atoms with Crippen molar-refractivity contribution in [1.82, 2.24) is 25.1 Å². The number of anilines is 3. The molecule has 8 heteroatoms. The zero-order valence-corrected chi connectivity index (χ0v) is 17.1. The third-order valence-electron chi connectivity index (χ3n) is 6.26. The summed E-state index contributed by atoms with van der Waals surface area (Å²) in [6.07, 6.45) is 2.88. The zero-order valence-electron chi connectivity index (χ0n) is 17.1. The summed E-state index contributed by atoms with van der Waals surface area (Å²) in [6, 6.07) is 12.6. The number of hydrogen-bond donors (Lipinski definition) is 3. The minimum atomic E-state index is 0.389. The van der Waals surface area contributed by atoms with E-state index in [1.54, 1.807) is 0 Å². The van der Waals surface area contributed by atoms with E-state index >= 15 is 0 Å². The van der Waals surface area contributed by atoms with Crippen LogP contribution in [-0.4, -0.2) is 50.7 Å². The Hall–Kier alpha value is -3.18. The normalized spacial score (nSPS) is 23.4. The van der Waals surface area contributed by atoms with Gasteiger partial charge in [0.05, 0.1) is 11.6 Å². The van der Waals surface area contributed by atoms with Gasteiger partial charge in [-0.1, -0.05) is 12.1 Å². The Kier molecular flexibility index (Phi) is 4.97. The van der Waals surface area contributed by atoms with Crippen molar-refractivity contribution >= 4 is 28.5 Å². The molecule has 8 nitrogen and oxygen atoms in total. The van der Waals surface area contributed by atoms with Crippen molar-refractivity contribution in [2.75, 3.05) is 30.3 Å². The van der Waals surface area contributed by atoms with Crippen molar-refractivity contribution in [3.05, 3.63) is 36.0 Å². The lowest BCUT2D eigenvalue weighted by Crippen LogP contribution is -2.26. The minimum Gasteiger partial charge on any atom is -0.351 e. The topological polar surface area (TPSA) is 106 Å². The summed E-state index contributed by atoms with van der Waals surface area (Å²) in [5.41, 5.74) is 1.90. The number of rotatable bonds is 6. The van der Waals surface area contributed by atoms with Gasteiger partial charge in [0.15, 0.2) is 5.82 Å². The van der Waals surface area contributed by atoms with Gasteiger partial charge in [-0.3, -0.25) is 5.10 Å². The van der Waals surface area contributed by atoms with E-state index < -0.39 is 0 Å². The molecular weight excluding hydrogens is 376 g/mol. The number of hydrogen-bond acceptors (Lipinski definition) is 7. The molecule has 2 aromatic heterocycles. The molecule has 3 aromatic rings. The second-order valence-corrected chi connectivity index (χ2v) is 8.47. The Morgan fingerprint density at radius 2 is 2.00 bits per heavy atom. The van der Waals surface area contributed by atoms with E-state index in [2.05, 4.69) is 31.8 Å². The van der Waals surface area contributed by atoms with Crippen molar-refractivity contribution in [2.24, 2.45) is 11.8 Å². The standard InChI is InChI=1S/C22H26N8/c1-14-9-20(29-28-14)26-21-18-5-2-3-6-19(18)25-22(27-21)24-17-10-15-12-30(8-4-7-23)13-16(15)11-17/h2-3,5-6,9,15-17H,4,8,10-13H2,1H3,(H3,24,25,26,27,28,29)/t15-,16+,17?. The summed E-state index contributed by atoms with van der Waals surface area (Å²) < 4.78 is 0. The van der Waals surface area contributed by atoms with Gasteiger partial charge in [-0.15, -0.1) is 0 Å². The predicted molar refractivity (Wildman–Crippen MR) is 116 cm³/mol. The Labute approximate surface area is 175 Å². The Bertz CT molecular complexity index is 1070. The van der Waals surface area contributed by atoms with Crippen LogP contribution in [0.2, 0.25) is 0 Å². The molecule has 2 aliphatic rings. The molecule has 0 radical (unpaired) electrons. The lowest BCUT2D eigenvalue weighted by molar-refractivity contribution is 0.315. The molecule has 0 bridgehead atoms. The van der Waals surface area contributed by atoms with Crippen molar-refractivity contribution in [3.8, 4) is 6.07 Å². The first-order valence-corrected chi connectivity index (χ1v) is 10.6. The average molecular weight is 403 g/mol. The van der Waals surface area contributed by atoms with Crippen molar-refractivity contribution in [3.63, 3.8) is 0 Å². The van der Waals surface area contributed by atoms with Crippen LogP contribution in [0.4, 0.5) is 17.6 Å². The number of aromatic nitrogens is 4. The fraction of sp³-hybridized carbons (Fsp3) is 0.455. The molecule has 1 aliphatic carbocycles. The summed E-state index contributed by atoms with van der Waals surface area (Å²) in [4.78, 5) is 12.0. The van der Waals surface area contributed by atoms with Crippen molar-refractivity contribution in [1.29, 1.82) is 5.26 Å². The molecule has 3 atom stereocenters. The molecule has 3 N–H and O–H groups in total. The number of nitrogens with one attached hydrogen (secondary N) is 3. The highest BCUT2D eigenvalue weighted by Crippen LogP contribution is 2.39. The van der Waals surface area contributed by atoms with Gasteiger partial charge in [0, 0.05) is 49.2 Å². The molecular formula is C22H26N8. The molecule has 154 valence electrons. The summed E-state index contributed by atoms with van der Waals surface area (Å²) in [6.45, 7) is 5.08. The summed E-state index contributed by atoms with van der Waals surface area (Å²) in [7, 11) is 0. The summed E-state index contributed by atoms with van der Waals surface area (Å²) in [5, 5.41) is 23.9. The number of fused-ring (bicyclic) bond motifs is 2. The van der Waals surface area contributed by atoms with Crippen LogP contribution in [-0.2, 0) is 0 Å². The quantitative estimate of drug-likeness (QED) is 0.580. The first kappa shape index (κ1) is 18.8. The van der Waals surface area contributed by atoms with Crippen LogP contribution in [0.1, 0.15) is 25.0 Å². The van der Waals surface area contributed by atoms with E-state index in [0.717, 1.165) is 60.7 Å². The van der Waals surface area contributed by atoms with Gasteiger partial charge in [0.2, 0.25) is 5.95 Å². The number of nitriles is 1. The number of likely N-dealkylation sites (tertiary alicyclic amines) is 1. The van der Waals surface area contributed by atoms with Crippen LogP contribution in [0, 0.1) is 30.1 Å². The first-order valence-electron chi connectivity index (χ1n) is 10.6. The molecule has 2 fully saturated rings. The smallest absolute Gasteiger partial charge is 0.225 e. The monoisotopic (exact) mass is 402 g/mol. The number of H-pyrrole nitrogens is 1. The van der Waals surface area contributed by atoms with Gasteiger partial charge in [-0.05, 0) is 43.7 Å². The third-order valence-corrected chi connectivity index (χ3v) is 6.26. The van der Waals surface area contributed by atoms with E-state index in [1.165, 1.54) is 0 Å². The van der Waals surface area contributed by atoms with Gasteiger partial charge in [-0.25, -0.2) is 4.98 Å². The second kappa shape index (κ2) is 7.92. The van der Waals surface area contributed by atoms with Gasteiger partial charge in [0.1, 0.15) is 5.82 Å². The average Bonchev–Trinajstić information content (AvgIpc) is 3.41. The highest BCUT2D eigenvalue weighted by atomic mass is 15.2. The van der Waals surface area contributed by atoms with Crippen molar-refractivity contribution < 1.29 is 0 Å².